The van der Waals surface area contributed by atoms with Crippen molar-refractivity contribution >= 4 is 0 Å². The van der Waals surface area contributed by atoms with Crippen LogP contribution in [0.4, 0.5) is 0 Å². The van der Waals surface area contributed by atoms with Crippen LogP contribution < -0.4 is 5.73 Å². The first-order valence-corrected chi connectivity index (χ1v) is 5.84. The zero-order chi connectivity index (χ0) is 11.6. The summed E-state index contributed by atoms with van der Waals surface area (Å²) in [5, 5.41) is 0. The molecule has 0 amide bonds. The van der Waals surface area contributed by atoms with Crippen molar-refractivity contribution in [3.05, 3.63) is 35.9 Å². The predicted octanol–water partition coefficient (Wildman–Crippen LogP) is 1.75. The van der Waals surface area contributed by atoms with Crippen LogP contribution in [0.3, 0.4) is 0 Å². The standard InChI is InChI=1S/C13H20N2O/c1-3-15-10-13(2,14)16-9-12(15)11-7-5-4-6-8-11/h4-8,12H,3,9-10,14H2,1-2H3/t12-,13-/m0/s1. The van der Waals surface area contributed by atoms with E-state index in [9.17, 15) is 0 Å². The highest BCUT2D eigenvalue weighted by atomic mass is 16.5. The maximum absolute atomic E-state index is 6.02. The van der Waals surface area contributed by atoms with Crippen LogP contribution >= 0.6 is 0 Å². The molecule has 0 unspecified atom stereocenters. The number of ether oxygens (including phenoxy) is 1. The van der Waals surface area contributed by atoms with Crippen molar-refractivity contribution < 1.29 is 4.74 Å². The van der Waals surface area contributed by atoms with E-state index in [0.29, 0.717) is 12.6 Å². The van der Waals surface area contributed by atoms with Crippen LogP contribution in [0.25, 0.3) is 0 Å². The Morgan fingerprint density at radius 2 is 2.12 bits per heavy atom. The van der Waals surface area contributed by atoms with Gasteiger partial charge < -0.3 is 10.5 Å². The molecule has 1 aliphatic heterocycles. The summed E-state index contributed by atoms with van der Waals surface area (Å²) in [6.45, 7) is 6.55. The van der Waals surface area contributed by atoms with Crippen molar-refractivity contribution in [2.45, 2.75) is 25.6 Å². The molecule has 3 heteroatoms. The van der Waals surface area contributed by atoms with Crippen LogP contribution in [0.15, 0.2) is 30.3 Å². The van der Waals surface area contributed by atoms with Crippen molar-refractivity contribution in [3.63, 3.8) is 0 Å². The zero-order valence-corrected chi connectivity index (χ0v) is 10.0. The van der Waals surface area contributed by atoms with Crippen molar-refractivity contribution in [3.8, 4) is 0 Å². The van der Waals surface area contributed by atoms with Gasteiger partial charge in [-0.3, -0.25) is 4.90 Å². The topological polar surface area (TPSA) is 38.5 Å². The minimum Gasteiger partial charge on any atom is -0.358 e. The maximum Gasteiger partial charge on any atom is 0.126 e. The lowest BCUT2D eigenvalue weighted by Crippen LogP contribution is -2.56. The third-order valence-corrected chi connectivity index (χ3v) is 3.12. The molecule has 2 atom stereocenters. The Kier molecular flexibility index (Phi) is 3.28. The Morgan fingerprint density at radius 3 is 2.75 bits per heavy atom. The number of hydrogen-bond donors (Lipinski definition) is 1. The van der Waals surface area contributed by atoms with Gasteiger partial charge in [0.25, 0.3) is 0 Å². The molecule has 0 bridgehead atoms. The summed E-state index contributed by atoms with van der Waals surface area (Å²) in [6, 6.07) is 10.8. The van der Waals surface area contributed by atoms with Crippen molar-refractivity contribution in [2.75, 3.05) is 19.7 Å². The average molecular weight is 220 g/mol. The van der Waals surface area contributed by atoms with Crippen LogP contribution in [0.2, 0.25) is 0 Å². The molecular formula is C13H20N2O. The summed E-state index contributed by atoms with van der Waals surface area (Å²) < 4.78 is 5.70. The van der Waals surface area contributed by atoms with E-state index in [1.54, 1.807) is 0 Å². The van der Waals surface area contributed by atoms with Crippen molar-refractivity contribution in [2.24, 2.45) is 5.73 Å². The first-order chi connectivity index (χ1) is 7.62. The monoisotopic (exact) mass is 220 g/mol. The number of benzene rings is 1. The van der Waals surface area contributed by atoms with E-state index in [1.807, 2.05) is 13.0 Å². The molecule has 1 aromatic rings. The summed E-state index contributed by atoms with van der Waals surface area (Å²) in [4.78, 5) is 2.37. The first kappa shape index (κ1) is 11.6. The fourth-order valence-electron chi connectivity index (χ4n) is 2.25. The Bertz CT molecular complexity index is 337. The molecule has 2 N–H and O–H groups in total. The molecule has 88 valence electrons. The SMILES string of the molecule is CCN1C[C@@](C)(N)OC[C@H]1c1ccccc1. The van der Waals surface area contributed by atoms with E-state index in [0.717, 1.165) is 13.1 Å². The fourth-order valence-corrected chi connectivity index (χ4v) is 2.25. The van der Waals surface area contributed by atoms with Gasteiger partial charge in [0.1, 0.15) is 5.72 Å². The molecule has 0 spiro atoms. The highest BCUT2D eigenvalue weighted by Crippen LogP contribution is 2.27. The average Bonchev–Trinajstić information content (AvgIpc) is 2.29. The van der Waals surface area contributed by atoms with Gasteiger partial charge in [0.05, 0.1) is 12.6 Å². The van der Waals surface area contributed by atoms with Crippen LogP contribution in [-0.2, 0) is 4.74 Å². The maximum atomic E-state index is 6.02. The number of nitrogens with two attached hydrogens (primary N) is 1. The Labute approximate surface area is 97.2 Å². The predicted molar refractivity (Wildman–Crippen MR) is 65.0 cm³/mol. The fraction of sp³-hybridized carbons (Fsp3) is 0.538. The highest BCUT2D eigenvalue weighted by Gasteiger charge is 2.33. The summed E-state index contributed by atoms with van der Waals surface area (Å²) in [5.74, 6) is 0. The molecule has 0 radical (unpaired) electrons. The molecule has 2 rings (SSSR count). The van der Waals surface area contributed by atoms with E-state index in [2.05, 4.69) is 36.1 Å². The summed E-state index contributed by atoms with van der Waals surface area (Å²) >= 11 is 0. The summed E-state index contributed by atoms with van der Waals surface area (Å²) in [5.41, 5.74) is 6.81. The second-order valence-electron chi connectivity index (χ2n) is 4.61. The highest BCUT2D eigenvalue weighted by molar-refractivity contribution is 5.19. The lowest BCUT2D eigenvalue weighted by molar-refractivity contribution is -0.121. The molecule has 0 saturated carbocycles. The van der Waals surface area contributed by atoms with Crippen molar-refractivity contribution in [1.29, 1.82) is 0 Å². The summed E-state index contributed by atoms with van der Waals surface area (Å²) in [6.07, 6.45) is 0. The number of hydrogen-bond acceptors (Lipinski definition) is 3. The zero-order valence-electron chi connectivity index (χ0n) is 10.0. The second kappa shape index (κ2) is 4.53. The van der Waals surface area contributed by atoms with E-state index in [1.165, 1.54) is 5.56 Å². The van der Waals surface area contributed by atoms with Crippen molar-refractivity contribution in [1.82, 2.24) is 4.90 Å². The lowest BCUT2D eigenvalue weighted by atomic mass is 10.0. The Balaban J connectivity index is 2.17. The number of likely N-dealkylation sites (N-methyl/N-ethyl adjacent to an activating group) is 1. The molecule has 3 nitrogen and oxygen atoms in total. The lowest BCUT2D eigenvalue weighted by Gasteiger charge is -2.43. The third kappa shape index (κ3) is 2.43. The molecule has 0 aliphatic carbocycles. The third-order valence-electron chi connectivity index (χ3n) is 3.12. The minimum absolute atomic E-state index is 0.336. The Morgan fingerprint density at radius 1 is 1.44 bits per heavy atom. The Hall–Kier alpha value is -0.900. The second-order valence-corrected chi connectivity index (χ2v) is 4.61. The number of nitrogens with zero attached hydrogens (tertiary/aromatic N) is 1. The summed E-state index contributed by atoms with van der Waals surface area (Å²) in [7, 11) is 0. The van der Waals surface area contributed by atoms with Gasteiger partial charge in [0, 0.05) is 6.54 Å². The van der Waals surface area contributed by atoms with Gasteiger partial charge in [-0.2, -0.15) is 0 Å². The van der Waals surface area contributed by atoms with Gasteiger partial charge in [0.2, 0.25) is 0 Å². The molecule has 0 aromatic heterocycles. The molecule has 1 aliphatic rings. The van der Waals surface area contributed by atoms with E-state index in [4.69, 9.17) is 10.5 Å². The van der Waals surface area contributed by atoms with Crippen LogP contribution in [0.1, 0.15) is 25.5 Å². The van der Waals surface area contributed by atoms with E-state index < -0.39 is 5.72 Å². The molecule has 16 heavy (non-hydrogen) atoms. The van der Waals surface area contributed by atoms with Gasteiger partial charge in [-0.1, -0.05) is 37.3 Å². The van der Waals surface area contributed by atoms with Gasteiger partial charge in [0.15, 0.2) is 0 Å². The molecule has 1 aromatic carbocycles. The van der Waals surface area contributed by atoms with E-state index >= 15 is 0 Å². The van der Waals surface area contributed by atoms with Crippen LogP contribution in [-0.4, -0.2) is 30.3 Å². The molecular weight excluding hydrogens is 200 g/mol. The van der Waals surface area contributed by atoms with Gasteiger partial charge in [-0.25, -0.2) is 0 Å². The quantitative estimate of drug-likeness (QED) is 0.825. The molecule has 1 heterocycles. The largest absolute Gasteiger partial charge is 0.358 e. The molecule has 1 fully saturated rings. The van der Waals surface area contributed by atoms with Crippen LogP contribution in [0, 0.1) is 0 Å². The smallest absolute Gasteiger partial charge is 0.126 e. The van der Waals surface area contributed by atoms with Gasteiger partial charge in [-0.15, -0.1) is 0 Å². The normalized spacial score (nSPS) is 31.6. The number of morpholine rings is 1. The first-order valence-electron chi connectivity index (χ1n) is 5.84. The molecule has 1 saturated heterocycles. The van der Waals surface area contributed by atoms with Gasteiger partial charge in [-0.05, 0) is 19.0 Å². The minimum atomic E-state index is -0.513. The number of rotatable bonds is 2. The van der Waals surface area contributed by atoms with E-state index in [-0.39, 0.29) is 0 Å². The van der Waals surface area contributed by atoms with Crippen LogP contribution in [0.5, 0.6) is 0 Å². The van der Waals surface area contributed by atoms with Gasteiger partial charge >= 0.3 is 0 Å².